The number of hydrogen-bond donors (Lipinski definition) is 20. The summed E-state index contributed by atoms with van der Waals surface area (Å²) in [6.07, 6.45) is -65.9. The largest absolute Gasteiger partial charge is 0.394 e. The highest BCUT2D eigenvalue weighted by atomic mass is 16.8. The summed E-state index contributed by atoms with van der Waals surface area (Å²) >= 11 is 0. The number of aliphatic hydroxyl groups excluding tert-OH is 19. The van der Waals surface area contributed by atoms with E-state index in [4.69, 9.17) is 66.3 Å². The van der Waals surface area contributed by atoms with Gasteiger partial charge in [-0.15, -0.1) is 0 Å². The maximum Gasteiger partial charge on any atom is 0.187 e. The molecule has 21 fully saturated rings. The van der Waals surface area contributed by atoms with Gasteiger partial charge in [0.2, 0.25) is 0 Å². The molecule has 21 aliphatic heterocycles. The van der Waals surface area contributed by atoms with Crippen molar-refractivity contribution in [1.29, 1.82) is 0 Å². The van der Waals surface area contributed by atoms with Crippen LogP contribution in [0.2, 0.25) is 0 Å². The highest BCUT2D eigenvalue weighted by Gasteiger charge is 2.59. The van der Waals surface area contributed by atoms with E-state index in [0.717, 1.165) is 0 Å². The second kappa shape index (κ2) is 27.3. The average molecular weight is 1160 g/mol. The quantitative estimate of drug-likeness (QED) is 0.0953. The molecule has 0 saturated carbocycles. The van der Waals surface area contributed by atoms with Crippen molar-refractivity contribution < 1.29 is 163 Å². The van der Waals surface area contributed by atoms with Gasteiger partial charge in [-0.05, 0) is 19.9 Å². The van der Waals surface area contributed by atoms with Gasteiger partial charge in [0.1, 0.15) is 165 Å². The van der Waals surface area contributed by atoms with Crippen LogP contribution in [0.15, 0.2) is 0 Å². The van der Waals surface area contributed by atoms with E-state index in [1.54, 1.807) is 0 Å². The van der Waals surface area contributed by atoms with E-state index in [-0.39, 0.29) is 6.54 Å². The van der Waals surface area contributed by atoms with Gasteiger partial charge in [0.25, 0.3) is 0 Å². The fourth-order valence-corrected chi connectivity index (χ4v) is 10.8. The van der Waals surface area contributed by atoms with Crippen LogP contribution in [0.5, 0.6) is 0 Å². The topological polar surface area (TPSA) is 526 Å². The lowest BCUT2D eigenvalue weighted by atomic mass is 9.95. The molecule has 460 valence electrons. The first kappa shape index (κ1) is 63.7. The Morgan fingerprint density at radius 3 is 0.709 bits per heavy atom. The molecule has 21 saturated heterocycles. The highest BCUT2D eigenvalue weighted by Crippen LogP contribution is 2.39. The lowest BCUT2D eigenvalue weighted by Gasteiger charge is -2.50. The minimum absolute atomic E-state index is 0.144. The number of ether oxygens (including phenoxy) is 14. The number of aliphatic hydroxyl groups is 19. The van der Waals surface area contributed by atoms with Crippen molar-refractivity contribution >= 4 is 0 Å². The Morgan fingerprint density at radius 2 is 0.468 bits per heavy atom. The molecule has 34 heteroatoms. The predicted octanol–water partition coefficient (Wildman–Crippen LogP) is -13.2. The van der Waals surface area contributed by atoms with Gasteiger partial charge < -0.3 is 169 Å². The van der Waals surface area contributed by atoms with Crippen LogP contribution in [0.4, 0.5) is 0 Å². The minimum atomic E-state index is -2.19. The zero-order chi connectivity index (χ0) is 57.5. The van der Waals surface area contributed by atoms with Crippen molar-refractivity contribution in [2.75, 3.05) is 46.1 Å². The molecular weight excluding hydrogens is 1080 g/mol. The van der Waals surface area contributed by atoms with Gasteiger partial charge in [0, 0.05) is 6.54 Å². The molecule has 35 atom stereocenters. The van der Waals surface area contributed by atoms with Gasteiger partial charge in [0.05, 0.1) is 39.1 Å². The van der Waals surface area contributed by atoms with E-state index in [0.29, 0.717) is 13.0 Å². The summed E-state index contributed by atoms with van der Waals surface area (Å²) in [6.45, 7) is -1.62. The zero-order valence-electron chi connectivity index (χ0n) is 42.6. The van der Waals surface area contributed by atoms with Crippen LogP contribution >= 0.6 is 0 Å². The van der Waals surface area contributed by atoms with Gasteiger partial charge in [-0.2, -0.15) is 0 Å². The molecule has 0 radical (unpaired) electrons. The van der Waals surface area contributed by atoms with Crippen LogP contribution in [0.1, 0.15) is 20.3 Å². The Bertz CT molecular complexity index is 1870. The third-order valence-corrected chi connectivity index (χ3v) is 15.3. The van der Waals surface area contributed by atoms with E-state index >= 15 is 0 Å². The Hall–Kier alpha value is -1.36. The Morgan fingerprint density at radius 1 is 0.266 bits per heavy atom. The molecule has 21 rings (SSSR count). The first-order chi connectivity index (χ1) is 37.6. The maximum absolute atomic E-state index is 11.6. The fraction of sp³-hybridized carbons (Fsp3) is 1.00. The Balaban J connectivity index is 1.08. The molecule has 34 nitrogen and oxygen atoms in total. The fourth-order valence-electron chi connectivity index (χ4n) is 10.8. The molecule has 20 N–H and O–H groups in total. The molecular formula is C45H77NO33. The molecule has 21 heterocycles. The van der Waals surface area contributed by atoms with Crippen LogP contribution in [0, 0.1) is 0 Å². The van der Waals surface area contributed by atoms with Gasteiger partial charge in [-0.3, -0.25) is 0 Å². The number of hydrogen-bond acceptors (Lipinski definition) is 34. The van der Waals surface area contributed by atoms with Gasteiger partial charge in [-0.1, -0.05) is 6.92 Å². The summed E-state index contributed by atoms with van der Waals surface area (Å²) < 4.78 is 81.3. The van der Waals surface area contributed by atoms with E-state index in [9.17, 15) is 97.0 Å². The lowest BCUT2D eigenvalue weighted by molar-refractivity contribution is -0.396. The second-order valence-corrected chi connectivity index (χ2v) is 20.7. The third kappa shape index (κ3) is 12.9. The smallest absolute Gasteiger partial charge is 0.187 e. The van der Waals surface area contributed by atoms with Crippen LogP contribution in [-0.2, 0) is 66.3 Å². The SMILES string of the molecule is CCCNCC1OC2OC3C(C)OC(OC4C(CO)OC(OC5C(CO)OC(OC6C(CO)OC(OC7C(CO)OC(OC8C(CO)OC(OC1C(O)C2O)C(O)C8O)C(O)C7O)C(O)C6O)C(O)C5O)C(O)C4O)C(O)C3O. The van der Waals surface area contributed by atoms with E-state index < -0.39 is 248 Å². The standard InChI is InChI=1S/C45H77NO33/c1-3-4-46-5-12-33-19(53)26(60)40(67-12)73-32-11(2)66-39(25(59)18(32)52)75-34-13(6-47)69-42(28(62)20(34)54)77-36-15(8-49)71-44(30(64)22(36)56)79-38-17(10-51)72-45(31(65)24(38)58)78-37-16(9-50)70-43(29(63)23(37)57)76-35-14(7-48)68-41(74-33)27(61)21(35)55/h11-65H,3-10H2,1-2H3. The highest BCUT2D eigenvalue weighted by molar-refractivity contribution is 5.01. The van der Waals surface area contributed by atoms with Crippen LogP contribution < -0.4 is 5.32 Å². The molecule has 14 bridgehead atoms. The van der Waals surface area contributed by atoms with Crippen molar-refractivity contribution in [1.82, 2.24) is 5.32 Å². The molecule has 79 heavy (non-hydrogen) atoms. The normalized spacial score (nSPS) is 54.3. The zero-order valence-corrected chi connectivity index (χ0v) is 42.6. The molecule has 35 unspecified atom stereocenters. The predicted molar refractivity (Wildman–Crippen MR) is 243 cm³/mol. The van der Waals surface area contributed by atoms with E-state index in [1.807, 2.05) is 6.92 Å². The molecule has 0 aromatic heterocycles. The van der Waals surface area contributed by atoms with Crippen molar-refractivity contribution in [3.63, 3.8) is 0 Å². The molecule has 0 amide bonds. The summed E-state index contributed by atoms with van der Waals surface area (Å²) in [4.78, 5) is 0. The summed E-state index contributed by atoms with van der Waals surface area (Å²) in [5, 5.41) is 214. The monoisotopic (exact) mass is 1160 g/mol. The summed E-state index contributed by atoms with van der Waals surface area (Å²) in [5.41, 5.74) is 0. The average Bonchev–Trinajstić information content (AvgIpc) is 3.44. The summed E-state index contributed by atoms with van der Waals surface area (Å²) in [6, 6.07) is 0. The molecule has 0 spiro atoms. The van der Waals surface area contributed by atoms with Crippen LogP contribution in [0.25, 0.3) is 0 Å². The summed E-state index contributed by atoms with van der Waals surface area (Å²) in [5.74, 6) is 0. The second-order valence-electron chi connectivity index (χ2n) is 20.7. The van der Waals surface area contributed by atoms with E-state index in [1.165, 1.54) is 6.92 Å². The third-order valence-electron chi connectivity index (χ3n) is 15.3. The van der Waals surface area contributed by atoms with Crippen molar-refractivity contribution in [2.45, 2.75) is 235 Å². The number of rotatable bonds is 9. The van der Waals surface area contributed by atoms with Crippen LogP contribution in [-0.4, -0.2) is 358 Å². The number of nitrogens with one attached hydrogen (secondary N) is 1. The first-order valence-electron chi connectivity index (χ1n) is 26.1. The van der Waals surface area contributed by atoms with E-state index in [2.05, 4.69) is 5.32 Å². The molecule has 0 aliphatic carbocycles. The van der Waals surface area contributed by atoms with Crippen molar-refractivity contribution in [2.24, 2.45) is 0 Å². The summed E-state index contributed by atoms with van der Waals surface area (Å²) in [7, 11) is 0. The minimum Gasteiger partial charge on any atom is -0.394 e. The van der Waals surface area contributed by atoms with Crippen molar-refractivity contribution in [3.8, 4) is 0 Å². The first-order valence-corrected chi connectivity index (χ1v) is 26.1. The van der Waals surface area contributed by atoms with Crippen LogP contribution in [0.3, 0.4) is 0 Å². The maximum atomic E-state index is 11.6. The Kier molecular flexibility index (Phi) is 22.0. The van der Waals surface area contributed by atoms with Gasteiger partial charge in [-0.25, -0.2) is 0 Å². The van der Waals surface area contributed by atoms with Crippen molar-refractivity contribution in [3.05, 3.63) is 0 Å². The molecule has 0 aromatic rings. The van der Waals surface area contributed by atoms with Gasteiger partial charge in [0.15, 0.2) is 44.0 Å². The Labute approximate surface area is 449 Å². The van der Waals surface area contributed by atoms with Gasteiger partial charge >= 0.3 is 0 Å². The lowest BCUT2D eigenvalue weighted by Crippen LogP contribution is -2.68. The molecule has 21 aliphatic rings. The molecule has 0 aromatic carbocycles.